The highest BCUT2D eigenvalue weighted by Crippen LogP contribution is 2.16. The van der Waals surface area contributed by atoms with Gasteiger partial charge in [-0.05, 0) is 48.7 Å². The maximum absolute atomic E-state index is 12.7. The van der Waals surface area contributed by atoms with Gasteiger partial charge in [0.1, 0.15) is 5.75 Å². The van der Waals surface area contributed by atoms with Crippen LogP contribution in [0.5, 0.6) is 5.75 Å². The molecule has 160 valence electrons. The van der Waals surface area contributed by atoms with Gasteiger partial charge in [0.25, 0.3) is 5.91 Å². The molecule has 2 aromatic carbocycles. The van der Waals surface area contributed by atoms with Crippen LogP contribution in [0, 0.1) is 0 Å². The summed E-state index contributed by atoms with van der Waals surface area (Å²) in [6, 6.07) is 17.0. The number of hydrogen-bond donors (Lipinski definition) is 1. The van der Waals surface area contributed by atoms with Crippen molar-refractivity contribution in [3.63, 3.8) is 0 Å². The number of nitrogens with one attached hydrogen (secondary N) is 1. The molecule has 1 N–H and O–H groups in total. The predicted molar refractivity (Wildman–Crippen MR) is 117 cm³/mol. The zero-order valence-electron chi connectivity index (χ0n) is 17.5. The largest absolute Gasteiger partial charge is 0.497 e. The lowest BCUT2D eigenvalue weighted by Gasteiger charge is -2.32. The quantitative estimate of drug-likeness (QED) is 0.668. The molecule has 0 atom stereocenters. The zero-order chi connectivity index (χ0) is 21.6. The summed E-state index contributed by atoms with van der Waals surface area (Å²) in [5.41, 5.74) is 2.43. The Balaban J connectivity index is 1.27. The van der Waals surface area contributed by atoms with Crippen LogP contribution < -0.4 is 10.1 Å². The fourth-order valence-electron chi connectivity index (χ4n) is 3.77. The van der Waals surface area contributed by atoms with Crippen LogP contribution in [0.3, 0.4) is 0 Å². The van der Waals surface area contributed by atoms with Gasteiger partial charge in [-0.2, -0.15) is 5.10 Å². The third-order valence-corrected chi connectivity index (χ3v) is 5.53. The Morgan fingerprint density at radius 1 is 1.10 bits per heavy atom. The molecule has 0 spiro atoms. The van der Waals surface area contributed by atoms with Crippen LogP contribution in [0.25, 0.3) is 5.69 Å². The standard InChI is InChI=1S/C24H26N4O3/c1-31-22-9-5-6-19(15-22)24(30)26-20-10-12-27(13-11-20)23(29)14-18-16-25-28(17-18)21-7-3-2-4-8-21/h2-9,15-17,20H,10-14H2,1H3,(H,26,30). The lowest BCUT2D eigenvalue weighted by molar-refractivity contribution is -0.131. The minimum atomic E-state index is -0.114. The molecule has 1 saturated heterocycles. The molecular formula is C24H26N4O3. The van der Waals surface area contributed by atoms with E-state index in [4.69, 9.17) is 4.74 Å². The maximum Gasteiger partial charge on any atom is 0.251 e. The minimum absolute atomic E-state index is 0.0589. The Bertz CT molecular complexity index is 1040. The predicted octanol–water partition coefficient (Wildman–Crippen LogP) is 2.84. The Kier molecular flexibility index (Phi) is 6.31. The monoisotopic (exact) mass is 418 g/mol. The Labute approximate surface area is 181 Å². The van der Waals surface area contributed by atoms with Gasteiger partial charge in [-0.25, -0.2) is 4.68 Å². The van der Waals surface area contributed by atoms with E-state index in [9.17, 15) is 9.59 Å². The SMILES string of the molecule is COc1cccc(C(=O)NC2CCN(C(=O)Cc3cnn(-c4ccccc4)c3)CC2)c1. The molecule has 7 nitrogen and oxygen atoms in total. The smallest absolute Gasteiger partial charge is 0.251 e. The van der Waals surface area contributed by atoms with Gasteiger partial charge in [0, 0.05) is 30.9 Å². The molecule has 0 bridgehead atoms. The van der Waals surface area contributed by atoms with Crippen molar-refractivity contribution in [1.29, 1.82) is 0 Å². The summed E-state index contributed by atoms with van der Waals surface area (Å²) >= 11 is 0. The summed E-state index contributed by atoms with van der Waals surface area (Å²) in [7, 11) is 1.58. The molecule has 0 unspecified atom stereocenters. The number of nitrogens with zero attached hydrogens (tertiary/aromatic N) is 3. The molecule has 1 aromatic heterocycles. The average molecular weight is 418 g/mol. The molecule has 2 heterocycles. The van der Waals surface area contributed by atoms with E-state index in [0.29, 0.717) is 30.8 Å². The van der Waals surface area contributed by atoms with Crippen molar-refractivity contribution in [2.45, 2.75) is 25.3 Å². The fourth-order valence-corrected chi connectivity index (χ4v) is 3.77. The molecule has 7 heteroatoms. The van der Waals surface area contributed by atoms with Gasteiger partial charge in [0.05, 0.1) is 25.4 Å². The van der Waals surface area contributed by atoms with Crippen LogP contribution in [-0.4, -0.2) is 52.7 Å². The number of carbonyl (C=O) groups is 2. The van der Waals surface area contributed by atoms with E-state index in [2.05, 4.69) is 10.4 Å². The van der Waals surface area contributed by atoms with E-state index < -0.39 is 0 Å². The van der Waals surface area contributed by atoms with Crippen LogP contribution in [0.4, 0.5) is 0 Å². The third-order valence-electron chi connectivity index (χ3n) is 5.53. The number of hydrogen-bond acceptors (Lipinski definition) is 4. The van der Waals surface area contributed by atoms with Crippen molar-refractivity contribution in [2.75, 3.05) is 20.2 Å². The summed E-state index contributed by atoms with van der Waals surface area (Å²) in [6.45, 7) is 1.27. The lowest BCUT2D eigenvalue weighted by atomic mass is 10.0. The van der Waals surface area contributed by atoms with Gasteiger partial charge in [-0.3, -0.25) is 9.59 Å². The van der Waals surface area contributed by atoms with E-state index in [1.165, 1.54) is 0 Å². The van der Waals surface area contributed by atoms with Crippen molar-refractivity contribution < 1.29 is 14.3 Å². The van der Waals surface area contributed by atoms with Crippen LogP contribution >= 0.6 is 0 Å². The van der Waals surface area contributed by atoms with Crippen LogP contribution in [-0.2, 0) is 11.2 Å². The number of rotatable bonds is 6. The summed E-state index contributed by atoms with van der Waals surface area (Å²) in [6.07, 6.45) is 5.45. The number of methoxy groups -OCH3 is 1. The van der Waals surface area contributed by atoms with Crippen LogP contribution in [0.15, 0.2) is 67.0 Å². The van der Waals surface area contributed by atoms with E-state index in [-0.39, 0.29) is 17.9 Å². The second kappa shape index (κ2) is 9.47. The van der Waals surface area contributed by atoms with Crippen molar-refractivity contribution in [3.05, 3.63) is 78.1 Å². The normalized spacial score (nSPS) is 14.3. The molecule has 1 aliphatic heterocycles. The number of piperidine rings is 1. The van der Waals surface area contributed by atoms with Crippen molar-refractivity contribution in [3.8, 4) is 11.4 Å². The Morgan fingerprint density at radius 3 is 2.61 bits per heavy atom. The molecule has 31 heavy (non-hydrogen) atoms. The minimum Gasteiger partial charge on any atom is -0.497 e. The van der Waals surface area contributed by atoms with Crippen molar-refractivity contribution in [1.82, 2.24) is 20.0 Å². The first kappa shape index (κ1) is 20.7. The number of aromatic nitrogens is 2. The van der Waals surface area contributed by atoms with Crippen LogP contribution in [0.2, 0.25) is 0 Å². The summed E-state index contributed by atoms with van der Waals surface area (Å²) in [4.78, 5) is 27.1. The molecule has 1 fully saturated rings. The number of benzene rings is 2. The van der Waals surface area contributed by atoms with E-state index >= 15 is 0 Å². The Hall–Kier alpha value is -3.61. The van der Waals surface area contributed by atoms with Gasteiger partial charge in [-0.1, -0.05) is 24.3 Å². The number of amides is 2. The van der Waals surface area contributed by atoms with E-state index in [0.717, 1.165) is 24.1 Å². The van der Waals surface area contributed by atoms with Crippen molar-refractivity contribution >= 4 is 11.8 Å². The molecule has 0 saturated carbocycles. The number of para-hydroxylation sites is 1. The van der Waals surface area contributed by atoms with Gasteiger partial charge in [0.2, 0.25) is 5.91 Å². The molecule has 4 rings (SSSR count). The van der Waals surface area contributed by atoms with Crippen LogP contribution in [0.1, 0.15) is 28.8 Å². The first-order valence-corrected chi connectivity index (χ1v) is 10.4. The number of carbonyl (C=O) groups excluding carboxylic acids is 2. The van der Waals surface area contributed by atoms with Gasteiger partial charge in [-0.15, -0.1) is 0 Å². The Morgan fingerprint density at radius 2 is 1.87 bits per heavy atom. The highest BCUT2D eigenvalue weighted by atomic mass is 16.5. The molecule has 0 aliphatic carbocycles. The highest BCUT2D eigenvalue weighted by molar-refractivity contribution is 5.94. The molecular weight excluding hydrogens is 392 g/mol. The third kappa shape index (κ3) is 5.12. The second-order valence-electron chi connectivity index (χ2n) is 7.67. The summed E-state index contributed by atoms with van der Waals surface area (Å²) < 4.78 is 6.96. The molecule has 2 amide bonds. The van der Waals surface area contributed by atoms with Crippen molar-refractivity contribution in [2.24, 2.45) is 0 Å². The molecule has 3 aromatic rings. The van der Waals surface area contributed by atoms with Gasteiger partial charge < -0.3 is 15.0 Å². The van der Waals surface area contributed by atoms with Gasteiger partial charge in [0.15, 0.2) is 0 Å². The lowest BCUT2D eigenvalue weighted by Crippen LogP contribution is -2.46. The number of ether oxygens (including phenoxy) is 1. The maximum atomic E-state index is 12.7. The molecule has 0 radical (unpaired) electrons. The first-order valence-electron chi connectivity index (χ1n) is 10.4. The molecule has 1 aliphatic rings. The average Bonchev–Trinajstić information content (AvgIpc) is 3.28. The zero-order valence-corrected chi connectivity index (χ0v) is 17.5. The summed E-state index contributed by atoms with van der Waals surface area (Å²) in [5, 5.41) is 7.43. The van der Waals surface area contributed by atoms with E-state index in [1.807, 2.05) is 47.5 Å². The summed E-state index contributed by atoms with van der Waals surface area (Å²) in [5.74, 6) is 0.630. The first-order chi connectivity index (χ1) is 15.1. The highest BCUT2D eigenvalue weighted by Gasteiger charge is 2.24. The topological polar surface area (TPSA) is 76.5 Å². The second-order valence-corrected chi connectivity index (χ2v) is 7.67. The van der Waals surface area contributed by atoms with Gasteiger partial charge >= 0.3 is 0 Å². The van der Waals surface area contributed by atoms with E-state index in [1.54, 1.807) is 36.2 Å². The fraction of sp³-hybridized carbons (Fsp3) is 0.292. The number of likely N-dealkylation sites (tertiary alicyclic amines) is 1.